The quantitative estimate of drug-likeness (QED) is 0.906. The molecule has 0 bridgehead atoms. The van der Waals surface area contributed by atoms with E-state index in [0.717, 1.165) is 12.3 Å². The van der Waals surface area contributed by atoms with Gasteiger partial charge in [-0.1, -0.05) is 0 Å². The second-order valence-electron chi connectivity index (χ2n) is 6.35. The van der Waals surface area contributed by atoms with Crippen LogP contribution in [-0.2, 0) is 0 Å². The molecule has 1 fully saturated rings. The summed E-state index contributed by atoms with van der Waals surface area (Å²) < 4.78 is 5.44. The molecule has 1 unspecified atom stereocenters. The molecule has 0 radical (unpaired) electrons. The predicted molar refractivity (Wildman–Crippen MR) is 81.4 cm³/mol. The zero-order valence-electron chi connectivity index (χ0n) is 13.0. The standard InChI is InChI=1S/C16H26N2O/c1-11-7-13(8-12(2)15(11)19-6)18(5)14-9-16(3,4)17-10-14/h7-8,14,17H,9-10H2,1-6H3. The van der Waals surface area contributed by atoms with Crippen LogP contribution in [0.4, 0.5) is 5.69 Å². The molecule has 2 rings (SSSR count). The summed E-state index contributed by atoms with van der Waals surface area (Å²) >= 11 is 0. The van der Waals surface area contributed by atoms with E-state index in [9.17, 15) is 0 Å². The van der Waals surface area contributed by atoms with Crippen molar-refractivity contribution < 1.29 is 4.74 Å². The second-order valence-corrected chi connectivity index (χ2v) is 6.35. The molecule has 106 valence electrons. The van der Waals surface area contributed by atoms with Gasteiger partial charge in [0.1, 0.15) is 5.75 Å². The summed E-state index contributed by atoms with van der Waals surface area (Å²) in [5, 5.41) is 3.58. The first-order chi connectivity index (χ1) is 8.84. The Morgan fingerprint density at radius 2 is 1.84 bits per heavy atom. The predicted octanol–water partition coefficient (Wildman–Crippen LogP) is 2.89. The summed E-state index contributed by atoms with van der Waals surface area (Å²) in [6, 6.07) is 5.00. The molecule has 1 atom stereocenters. The molecule has 0 spiro atoms. The third kappa shape index (κ3) is 2.86. The fourth-order valence-electron chi connectivity index (χ4n) is 3.07. The number of benzene rings is 1. The fourth-order valence-corrected chi connectivity index (χ4v) is 3.07. The second kappa shape index (κ2) is 5.04. The van der Waals surface area contributed by atoms with Crippen molar-refractivity contribution >= 4 is 5.69 Å². The van der Waals surface area contributed by atoms with E-state index in [1.165, 1.54) is 23.2 Å². The molecule has 0 aliphatic carbocycles. The van der Waals surface area contributed by atoms with Gasteiger partial charge in [-0.15, -0.1) is 0 Å². The Balaban J connectivity index is 2.23. The van der Waals surface area contributed by atoms with Crippen molar-refractivity contribution in [3.8, 4) is 5.75 Å². The van der Waals surface area contributed by atoms with Gasteiger partial charge in [-0.3, -0.25) is 0 Å². The lowest BCUT2D eigenvalue weighted by molar-refractivity contribution is 0.408. The van der Waals surface area contributed by atoms with Crippen LogP contribution in [0.15, 0.2) is 12.1 Å². The van der Waals surface area contributed by atoms with Gasteiger partial charge in [-0.25, -0.2) is 0 Å². The normalized spacial score (nSPS) is 21.5. The van der Waals surface area contributed by atoms with Crippen LogP contribution in [0.5, 0.6) is 5.75 Å². The van der Waals surface area contributed by atoms with E-state index in [-0.39, 0.29) is 5.54 Å². The third-order valence-electron chi connectivity index (χ3n) is 4.17. The zero-order chi connectivity index (χ0) is 14.2. The summed E-state index contributed by atoms with van der Waals surface area (Å²) in [5.41, 5.74) is 3.93. The van der Waals surface area contributed by atoms with Crippen molar-refractivity contribution in [3.63, 3.8) is 0 Å². The summed E-state index contributed by atoms with van der Waals surface area (Å²) in [7, 11) is 3.93. The topological polar surface area (TPSA) is 24.5 Å². The molecule has 0 amide bonds. The molecular weight excluding hydrogens is 236 g/mol. The van der Waals surface area contributed by atoms with Gasteiger partial charge in [-0.2, -0.15) is 0 Å². The number of ether oxygens (including phenoxy) is 1. The molecule has 1 aliphatic heterocycles. The maximum atomic E-state index is 5.44. The third-order valence-corrected chi connectivity index (χ3v) is 4.17. The Morgan fingerprint density at radius 3 is 2.26 bits per heavy atom. The zero-order valence-corrected chi connectivity index (χ0v) is 13.0. The van der Waals surface area contributed by atoms with E-state index in [1.807, 2.05) is 0 Å². The number of nitrogens with zero attached hydrogens (tertiary/aromatic N) is 1. The minimum absolute atomic E-state index is 0.246. The van der Waals surface area contributed by atoms with Crippen molar-refractivity contribution in [2.24, 2.45) is 0 Å². The van der Waals surface area contributed by atoms with Crippen LogP contribution in [0.3, 0.4) is 0 Å². The van der Waals surface area contributed by atoms with Gasteiger partial charge in [0.25, 0.3) is 0 Å². The molecule has 1 N–H and O–H groups in total. The molecular formula is C16H26N2O. The minimum Gasteiger partial charge on any atom is -0.496 e. The monoisotopic (exact) mass is 262 g/mol. The Labute approximate surface area is 116 Å². The Bertz CT molecular complexity index is 445. The van der Waals surface area contributed by atoms with Gasteiger partial charge >= 0.3 is 0 Å². The molecule has 1 aromatic carbocycles. The average molecular weight is 262 g/mol. The molecule has 0 aromatic heterocycles. The molecule has 1 saturated heterocycles. The van der Waals surface area contributed by atoms with Crippen molar-refractivity contribution in [2.45, 2.75) is 45.7 Å². The summed E-state index contributed by atoms with van der Waals surface area (Å²) in [4.78, 5) is 2.39. The molecule has 19 heavy (non-hydrogen) atoms. The van der Waals surface area contributed by atoms with Crippen LogP contribution in [0.2, 0.25) is 0 Å². The van der Waals surface area contributed by atoms with Gasteiger partial charge in [0, 0.05) is 30.9 Å². The van der Waals surface area contributed by atoms with Crippen LogP contribution >= 0.6 is 0 Å². The van der Waals surface area contributed by atoms with Crippen LogP contribution in [0.1, 0.15) is 31.4 Å². The average Bonchev–Trinajstić information content (AvgIpc) is 2.68. The molecule has 3 heteroatoms. The van der Waals surface area contributed by atoms with Crippen LogP contribution in [0, 0.1) is 13.8 Å². The van der Waals surface area contributed by atoms with Gasteiger partial charge in [-0.05, 0) is 57.4 Å². The van der Waals surface area contributed by atoms with Crippen molar-refractivity contribution in [1.82, 2.24) is 5.32 Å². The smallest absolute Gasteiger partial charge is 0.124 e. The first-order valence-electron chi connectivity index (χ1n) is 6.97. The van der Waals surface area contributed by atoms with Gasteiger partial charge in [0.2, 0.25) is 0 Å². The Kier molecular flexibility index (Phi) is 3.77. The van der Waals surface area contributed by atoms with E-state index in [0.29, 0.717) is 6.04 Å². The largest absolute Gasteiger partial charge is 0.496 e. The SMILES string of the molecule is COc1c(C)cc(N(C)C2CNC(C)(C)C2)cc1C. The maximum Gasteiger partial charge on any atom is 0.124 e. The van der Waals surface area contributed by atoms with Crippen molar-refractivity contribution in [1.29, 1.82) is 0 Å². The molecule has 3 nitrogen and oxygen atoms in total. The summed E-state index contributed by atoms with van der Waals surface area (Å²) in [6.07, 6.45) is 1.17. The number of anilines is 1. The van der Waals surface area contributed by atoms with E-state index in [1.54, 1.807) is 7.11 Å². The Hall–Kier alpha value is -1.22. The lowest BCUT2D eigenvalue weighted by Gasteiger charge is -2.28. The lowest BCUT2D eigenvalue weighted by atomic mass is 10.00. The minimum atomic E-state index is 0.246. The number of rotatable bonds is 3. The fraction of sp³-hybridized carbons (Fsp3) is 0.625. The van der Waals surface area contributed by atoms with Crippen molar-refractivity contribution in [2.75, 3.05) is 25.6 Å². The number of likely N-dealkylation sites (N-methyl/N-ethyl adjacent to an activating group) is 1. The Morgan fingerprint density at radius 1 is 1.26 bits per heavy atom. The van der Waals surface area contributed by atoms with Crippen molar-refractivity contribution in [3.05, 3.63) is 23.3 Å². The van der Waals surface area contributed by atoms with Gasteiger partial charge < -0.3 is 15.0 Å². The molecule has 1 aliphatic rings. The van der Waals surface area contributed by atoms with E-state index >= 15 is 0 Å². The number of nitrogens with one attached hydrogen (secondary N) is 1. The number of aryl methyl sites for hydroxylation is 2. The summed E-state index contributed by atoms with van der Waals surface area (Å²) in [5.74, 6) is 1.00. The van der Waals surface area contributed by atoms with E-state index in [2.05, 4.69) is 57.1 Å². The highest BCUT2D eigenvalue weighted by atomic mass is 16.5. The highest BCUT2D eigenvalue weighted by Crippen LogP contribution is 2.31. The van der Waals surface area contributed by atoms with Gasteiger partial charge in [0.15, 0.2) is 0 Å². The summed E-state index contributed by atoms with van der Waals surface area (Å²) in [6.45, 7) is 9.81. The van der Waals surface area contributed by atoms with Crippen LogP contribution in [-0.4, -0.2) is 32.3 Å². The maximum absolute atomic E-state index is 5.44. The number of hydrogen-bond acceptors (Lipinski definition) is 3. The number of hydrogen-bond donors (Lipinski definition) is 1. The molecule has 1 heterocycles. The molecule has 0 saturated carbocycles. The van der Waals surface area contributed by atoms with E-state index in [4.69, 9.17) is 4.74 Å². The first kappa shape index (κ1) is 14.2. The highest BCUT2D eigenvalue weighted by molar-refractivity contribution is 5.57. The highest BCUT2D eigenvalue weighted by Gasteiger charge is 2.32. The number of methoxy groups -OCH3 is 1. The first-order valence-corrected chi connectivity index (χ1v) is 6.97. The van der Waals surface area contributed by atoms with Crippen LogP contribution < -0.4 is 15.0 Å². The lowest BCUT2D eigenvalue weighted by Crippen LogP contribution is -2.33. The van der Waals surface area contributed by atoms with E-state index < -0.39 is 0 Å². The van der Waals surface area contributed by atoms with Crippen LogP contribution in [0.25, 0.3) is 0 Å². The van der Waals surface area contributed by atoms with Gasteiger partial charge in [0.05, 0.1) is 7.11 Å². The molecule has 1 aromatic rings.